The second-order valence-electron chi connectivity index (χ2n) is 3.94. The van der Waals surface area contributed by atoms with Crippen LogP contribution in [0.5, 0.6) is 0 Å². The van der Waals surface area contributed by atoms with E-state index in [0.717, 1.165) is 0 Å². The Balaban J connectivity index is 2.12. The summed E-state index contributed by atoms with van der Waals surface area (Å²) in [5.74, 6) is -0.790. The zero-order valence-corrected chi connectivity index (χ0v) is 11.4. The van der Waals surface area contributed by atoms with E-state index < -0.39 is 5.97 Å². The Morgan fingerprint density at radius 2 is 2.25 bits per heavy atom. The van der Waals surface area contributed by atoms with Gasteiger partial charge in [0.25, 0.3) is 0 Å². The maximum absolute atomic E-state index is 11.8. The normalized spacial score (nSPS) is 10.1. The lowest BCUT2D eigenvalue weighted by molar-refractivity contribution is -0.116. The fourth-order valence-corrected chi connectivity index (χ4v) is 1.76. The van der Waals surface area contributed by atoms with E-state index in [-0.39, 0.29) is 12.5 Å². The zero-order valence-electron chi connectivity index (χ0n) is 10.7. The van der Waals surface area contributed by atoms with Gasteiger partial charge in [-0.2, -0.15) is 5.10 Å². The first-order chi connectivity index (χ1) is 9.60. The van der Waals surface area contributed by atoms with E-state index in [4.69, 9.17) is 11.6 Å². The Hall–Kier alpha value is -2.34. The van der Waals surface area contributed by atoms with Crippen LogP contribution >= 0.6 is 11.6 Å². The second kappa shape index (κ2) is 6.21. The van der Waals surface area contributed by atoms with Crippen LogP contribution in [-0.4, -0.2) is 28.8 Å². The van der Waals surface area contributed by atoms with E-state index in [2.05, 4.69) is 15.2 Å². The summed E-state index contributed by atoms with van der Waals surface area (Å²) in [5, 5.41) is 6.90. The second-order valence-corrected chi connectivity index (χ2v) is 4.35. The highest BCUT2D eigenvalue weighted by molar-refractivity contribution is 6.33. The van der Waals surface area contributed by atoms with Crippen molar-refractivity contribution in [2.24, 2.45) is 0 Å². The van der Waals surface area contributed by atoms with E-state index >= 15 is 0 Å². The summed E-state index contributed by atoms with van der Waals surface area (Å²) in [6.45, 7) is 0.0613. The molecular formula is C13H12ClN3O3. The number of halogens is 1. The van der Waals surface area contributed by atoms with Crippen molar-refractivity contribution in [1.29, 1.82) is 0 Å². The number of benzene rings is 1. The molecule has 20 heavy (non-hydrogen) atoms. The number of aromatic nitrogens is 2. The predicted octanol–water partition coefficient (Wildman–Crippen LogP) is 1.96. The van der Waals surface area contributed by atoms with Gasteiger partial charge in [-0.05, 0) is 24.3 Å². The number of anilines is 1. The number of amides is 1. The molecular weight excluding hydrogens is 282 g/mol. The van der Waals surface area contributed by atoms with Crippen molar-refractivity contribution >= 4 is 29.2 Å². The maximum Gasteiger partial charge on any atom is 0.337 e. The van der Waals surface area contributed by atoms with Gasteiger partial charge in [-0.25, -0.2) is 4.79 Å². The van der Waals surface area contributed by atoms with Crippen LogP contribution in [0.4, 0.5) is 5.69 Å². The molecule has 0 spiro atoms. The van der Waals surface area contributed by atoms with Crippen LogP contribution in [0.1, 0.15) is 10.4 Å². The number of methoxy groups -OCH3 is 1. The van der Waals surface area contributed by atoms with Gasteiger partial charge < -0.3 is 10.1 Å². The van der Waals surface area contributed by atoms with Crippen LogP contribution in [0.25, 0.3) is 0 Å². The van der Waals surface area contributed by atoms with Gasteiger partial charge in [0.2, 0.25) is 5.91 Å². The molecule has 1 N–H and O–H groups in total. The van der Waals surface area contributed by atoms with Crippen molar-refractivity contribution in [2.75, 3.05) is 12.4 Å². The van der Waals surface area contributed by atoms with Crippen molar-refractivity contribution in [3.8, 4) is 0 Å². The Morgan fingerprint density at radius 1 is 1.45 bits per heavy atom. The third-order valence-corrected chi connectivity index (χ3v) is 2.86. The summed E-state index contributed by atoms with van der Waals surface area (Å²) in [6.07, 6.45) is 3.25. The molecule has 7 heteroatoms. The molecule has 0 saturated heterocycles. The lowest BCUT2D eigenvalue weighted by atomic mass is 10.2. The van der Waals surface area contributed by atoms with Crippen LogP contribution in [-0.2, 0) is 16.1 Å². The van der Waals surface area contributed by atoms with Crippen molar-refractivity contribution in [3.05, 3.63) is 47.2 Å². The molecule has 2 aromatic rings. The van der Waals surface area contributed by atoms with Crippen LogP contribution in [0, 0.1) is 0 Å². The monoisotopic (exact) mass is 293 g/mol. The molecule has 0 aliphatic rings. The van der Waals surface area contributed by atoms with Gasteiger partial charge in [0.1, 0.15) is 6.54 Å². The van der Waals surface area contributed by atoms with Gasteiger partial charge in [-0.1, -0.05) is 11.6 Å². The minimum absolute atomic E-state index is 0.0613. The number of ether oxygens (including phenoxy) is 1. The lowest BCUT2D eigenvalue weighted by Gasteiger charge is -2.09. The molecule has 0 fully saturated rings. The van der Waals surface area contributed by atoms with E-state index in [0.29, 0.717) is 16.3 Å². The first-order valence-corrected chi connectivity index (χ1v) is 6.13. The molecule has 104 valence electrons. The minimum Gasteiger partial charge on any atom is -0.465 e. The van der Waals surface area contributed by atoms with Crippen LogP contribution in [0.3, 0.4) is 0 Å². The maximum atomic E-state index is 11.8. The third kappa shape index (κ3) is 3.36. The van der Waals surface area contributed by atoms with E-state index in [1.807, 2.05) is 0 Å². The summed E-state index contributed by atoms with van der Waals surface area (Å²) >= 11 is 5.98. The first-order valence-electron chi connectivity index (χ1n) is 5.75. The SMILES string of the molecule is COC(=O)c1ccc(Cl)c(NC(=O)Cn2cccn2)c1. The van der Waals surface area contributed by atoms with Gasteiger partial charge in [0.15, 0.2) is 0 Å². The number of nitrogens with zero attached hydrogens (tertiary/aromatic N) is 2. The van der Waals surface area contributed by atoms with E-state index in [1.165, 1.54) is 30.0 Å². The number of rotatable bonds is 4. The Kier molecular flexibility index (Phi) is 4.37. The highest BCUT2D eigenvalue weighted by Gasteiger charge is 2.11. The molecule has 1 aromatic heterocycles. The molecule has 0 atom stereocenters. The largest absolute Gasteiger partial charge is 0.465 e. The molecule has 2 rings (SSSR count). The zero-order chi connectivity index (χ0) is 14.5. The topological polar surface area (TPSA) is 73.2 Å². The minimum atomic E-state index is -0.496. The number of carbonyl (C=O) groups excluding carboxylic acids is 2. The highest BCUT2D eigenvalue weighted by atomic mass is 35.5. The fourth-order valence-electron chi connectivity index (χ4n) is 1.60. The van der Waals surface area contributed by atoms with Gasteiger partial charge >= 0.3 is 5.97 Å². The molecule has 0 aliphatic heterocycles. The molecule has 6 nitrogen and oxygen atoms in total. The molecule has 0 saturated carbocycles. The number of carbonyl (C=O) groups is 2. The average molecular weight is 294 g/mol. The molecule has 0 radical (unpaired) electrons. The highest BCUT2D eigenvalue weighted by Crippen LogP contribution is 2.23. The third-order valence-electron chi connectivity index (χ3n) is 2.53. The van der Waals surface area contributed by atoms with E-state index in [9.17, 15) is 9.59 Å². The first kappa shape index (κ1) is 14.1. The van der Waals surface area contributed by atoms with Crippen LogP contribution in [0.15, 0.2) is 36.7 Å². The molecule has 0 unspecified atom stereocenters. The van der Waals surface area contributed by atoms with E-state index in [1.54, 1.807) is 18.5 Å². The Labute approximate surface area is 120 Å². The summed E-state index contributed by atoms with van der Waals surface area (Å²) < 4.78 is 6.09. The number of hydrogen-bond donors (Lipinski definition) is 1. The number of hydrogen-bond acceptors (Lipinski definition) is 4. The molecule has 0 aliphatic carbocycles. The molecule has 1 amide bonds. The molecule has 1 aromatic carbocycles. The van der Waals surface area contributed by atoms with Crippen molar-refractivity contribution < 1.29 is 14.3 Å². The fraction of sp³-hybridized carbons (Fsp3) is 0.154. The Bertz CT molecular complexity index is 626. The molecule has 1 heterocycles. The summed E-state index contributed by atoms with van der Waals surface area (Å²) in [6, 6.07) is 6.24. The van der Waals surface area contributed by atoms with Crippen molar-refractivity contribution in [3.63, 3.8) is 0 Å². The van der Waals surface area contributed by atoms with Gasteiger partial charge in [-0.3, -0.25) is 9.48 Å². The van der Waals surface area contributed by atoms with Crippen molar-refractivity contribution in [1.82, 2.24) is 9.78 Å². The lowest BCUT2D eigenvalue weighted by Crippen LogP contribution is -2.19. The van der Waals surface area contributed by atoms with Gasteiger partial charge in [0, 0.05) is 12.4 Å². The number of esters is 1. The summed E-state index contributed by atoms with van der Waals surface area (Å²) in [4.78, 5) is 23.3. The quantitative estimate of drug-likeness (QED) is 0.875. The van der Waals surface area contributed by atoms with Gasteiger partial charge in [0.05, 0.1) is 23.4 Å². The summed E-state index contributed by atoms with van der Waals surface area (Å²) in [7, 11) is 1.28. The average Bonchev–Trinajstić information content (AvgIpc) is 2.93. The van der Waals surface area contributed by atoms with Gasteiger partial charge in [-0.15, -0.1) is 0 Å². The van der Waals surface area contributed by atoms with Crippen LogP contribution in [0.2, 0.25) is 5.02 Å². The predicted molar refractivity (Wildman–Crippen MR) is 73.6 cm³/mol. The number of nitrogens with one attached hydrogen (secondary N) is 1. The summed E-state index contributed by atoms with van der Waals surface area (Å²) in [5.41, 5.74) is 0.665. The van der Waals surface area contributed by atoms with Crippen molar-refractivity contribution in [2.45, 2.75) is 6.54 Å². The standard InChI is InChI=1S/C13H12ClN3O3/c1-20-13(19)9-3-4-10(14)11(7-9)16-12(18)8-17-6-2-5-15-17/h2-7H,8H2,1H3,(H,16,18). The Morgan fingerprint density at radius 3 is 2.90 bits per heavy atom. The van der Waals surface area contributed by atoms with Crippen LogP contribution < -0.4 is 5.32 Å². The smallest absolute Gasteiger partial charge is 0.337 e. The molecule has 0 bridgehead atoms.